The van der Waals surface area contributed by atoms with E-state index in [0.717, 1.165) is 22.4 Å². The van der Waals surface area contributed by atoms with Crippen LogP contribution >= 0.6 is 11.8 Å². The van der Waals surface area contributed by atoms with E-state index in [0.29, 0.717) is 6.61 Å². The Kier molecular flexibility index (Phi) is 4.71. The minimum absolute atomic E-state index is 0.257. The topological polar surface area (TPSA) is 18.5 Å². The number of hydrogen-bond acceptors (Lipinski definition) is 3. The molecular formula is C27H24O2S. The summed E-state index contributed by atoms with van der Waals surface area (Å²) in [5.41, 5.74) is 4.80. The Balaban J connectivity index is 1.68. The van der Waals surface area contributed by atoms with Gasteiger partial charge < -0.3 is 9.47 Å². The molecule has 0 aliphatic carbocycles. The monoisotopic (exact) mass is 412 g/mol. The molecule has 0 saturated heterocycles. The lowest BCUT2D eigenvalue weighted by Crippen LogP contribution is -2.17. The zero-order valence-electron chi connectivity index (χ0n) is 17.4. The third-order valence-corrected chi connectivity index (χ3v) is 6.49. The Morgan fingerprint density at radius 3 is 2.30 bits per heavy atom. The molecule has 0 fully saturated rings. The van der Waals surface area contributed by atoms with Crippen molar-refractivity contribution in [1.29, 1.82) is 0 Å². The van der Waals surface area contributed by atoms with Crippen molar-refractivity contribution in [3.63, 3.8) is 0 Å². The summed E-state index contributed by atoms with van der Waals surface area (Å²) in [6.45, 7) is 6.92. The SMILES string of the molecule is Cc1cc(OCc2ccccc2)c2cc3c(cc2c1-c1ccccc1)OC(C)(C)S3. The first kappa shape index (κ1) is 19.1. The van der Waals surface area contributed by atoms with Crippen LogP contribution in [-0.2, 0) is 6.61 Å². The van der Waals surface area contributed by atoms with Gasteiger partial charge in [0, 0.05) is 5.39 Å². The molecule has 4 aromatic rings. The maximum atomic E-state index is 6.34. The Bertz CT molecular complexity index is 1210. The highest BCUT2D eigenvalue weighted by atomic mass is 32.2. The van der Waals surface area contributed by atoms with Gasteiger partial charge in [-0.15, -0.1) is 0 Å². The lowest BCUT2D eigenvalue weighted by molar-refractivity contribution is 0.215. The first-order chi connectivity index (χ1) is 14.5. The van der Waals surface area contributed by atoms with Crippen molar-refractivity contribution >= 4 is 22.5 Å². The molecule has 1 aliphatic heterocycles. The molecule has 0 atom stereocenters. The number of hydrogen-bond donors (Lipinski definition) is 0. The summed E-state index contributed by atoms with van der Waals surface area (Å²) in [4.78, 5) is 0.909. The van der Waals surface area contributed by atoms with Crippen LogP contribution in [0.3, 0.4) is 0 Å². The highest BCUT2D eigenvalue weighted by Crippen LogP contribution is 2.51. The van der Waals surface area contributed by atoms with Gasteiger partial charge in [-0.25, -0.2) is 0 Å². The smallest absolute Gasteiger partial charge is 0.153 e. The van der Waals surface area contributed by atoms with E-state index >= 15 is 0 Å². The van der Waals surface area contributed by atoms with E-state index in [4.69, 9.17) is 9.47 Å². The fraction of sp³-hybridized carbons (Fsp3) is 0.185. The lowest BCUT2D eigenvalue weighted by Gasteiger charge is -2.17. The van der Waals surface area contributed by atoms with Gasteiger partial charge in [0.05, 0.1) is 4.90 Å². The van der Waals surface area contributed by atoms with Crippen molar-refractivity contribution in [2.45, 2.75) is 37.2 Å². The molecule has 0 unspecified atom stereocenters. The predicted molar refractivity (Wildman–Crippen MR) is 125 cm³/mol. The lowest BCUT2D eigenvalue weighted by atomic mass is 9.93. The molecule has 5 rings (SSSR count). The molecule has 2 nitrogen and oxygen atoms in total. The van der Waals surface area contributed by atoms with Gasteiger partial charge >= 0.3 is 0 Å². The third-order valence-electron chi connectivity index (χ3n) is 5.37. The van der Waals surface area contributed by atoms with E-state index < -0.39 is 0 Å². The molecule has 0 amide bonds. The number of fused-ring (bicyclic) bond motifs is 2. The van der Waals surface area contributed by atoms with Crippen LogP contribution in [0.15, 0.2) is 83.8 Å². The third kappa shape index (κ3) is 3.54. The number of thioether (sulfide) groups is 1. The molecule has 1 aliphatic rings. The first-order valence-corrected chi connectivity index (χ1v) is 11.0. The second kappa shape index (κ2) is 7.41. The summed E-state index contributed by atoms with van der Waals surface area (Å²) < 4.78 is 12.6. The summed E-state index contributed by atoms with van der Waals surface area (Å²) in [6.07, 6.45) is 0. The summed E-state index contributed by atoms with van der Waals surface area (Å²) in [5.74, 6) is 1.87. The first-order valence-electron chi connectivity index (χ1n) is 10.2. The Labute approximate surface area is 181 Å². The molecule has 1 heterocycles. The van der Waals surface area contributed by atoms with E-state index in [2.05, 4.69) is 81.4 Å². The molecule has 0 spiro atoms. The molecule has 0 N–H and O–H groups in total. The maximum absolute atomic E-state index is 6.34. The van der Waals surface area contributed by atoms with Crippen molar-refractivity contribution in [2.24, 2.45) is 0 Å². The highest BCUT2D eigenvalue weighted by Gasteiger charge is 2.32. The average Bonchev–Trinajstić information content (AvgIpc) is 3.05. The van der Waals surface area contributed by atoms with E-state index in [1.54, 1.807) is 11.8 Å². The molecule has 0 radical (unpaired) electrons. The second-order valence-electron chi connectivity index (χ2n) is 8.16. The molecule has 150 valence electrons. The van der Waals surface area contributed by atoms with Gasteiger partial charge in [-0.05, 0) is 66.6 Å². The highest BCUT2D eigenvalue weighted by molar-refractivity contribution is 8.00. The van der Waals surface area contributed by atoms with Crippen LogP contribution in [0, 0.1) is 6.92 Å². The molecule has 30 heavy (non-hydrogen) atoms. The van der Waals surface area contributed by atoms with Gasteiger partial charge in [0.15, 0.2) is 4.93 Å². The Morgan fingerprint density at radius 1 is 0.867 bits per heavy atom. The zero-order chi connectivity index (χ0) is 20.7. The van der Waals surface area contributed by atoms with E-state index in [9.17, 15) is 0 Å². The van der Waals surface area contributed by atoms with Crippen molar-refractivity contribution in [2.75, 3.05) is 0 Å². The maximum Gasteiger partial charge on any atom is 0.153 e. The van der Waals surface area contributed by atoms with Crippen LogP contribution in [0.2, 0.25) is 0 Å². The van der Waals surface area contributed by atoms with E-state index in [1.807, 2.05) is 18.2 Å². The second-order valence-corrected chi connectivity index (χ2v) is 9.78. The predicted octanol–water partition coefficient (Wildman–Crippen LogP) is 7.61. The Morgan fingerprint density at radius 2 is 1.57 bits per heavy atom. The van der Waals surface area contributed by atoms with Crippen LogP contribution in [0.1, 0.15) is 25.0 Å². The molecule has 3 heteroatoms. The minimum Gasteiger partial charge on any atom is -0.488 e. The quantitative estimate of drug-likeness (QED) is 0.343. The van der Waals surface area contributed by atoms with Crippen LogP contribution in [0.25, 0.3) is 21.9 Å². The number of rotatable bonds is 4. The van der Waals surface area contributed by atoms with Gasteiger partial charge in [0.1, 0.15) is 18.1 Å². The van der Waals surface area contributed by atoms with Crippen molar-refractivity contribution in [1.82, 2.24) is 0 Å². The van der Waals surface area contributed by atoms with Gasteiger partial charge in [-0.2, -0.15) is 0 Å². The Hall–Kier alpha value is -2.91. The van der Waals surface area contributed by atoms with Crippen LogP contribution < -0.4 is 9.47 Å². The minimum atomic E-state index is -0.257. The average molecular weight is 413 g/mol. The van der Waals surface area contributed by atoms with Crippen LogP contribution in [0.5, 0.6) is 11.5 Å². The summed E-state index contributed by atoms with van der Waals surface area (Å²) in [7, 11) is 0. The van der Waals surface area contributed by atoms with Gasteiger partial charge in [0.25, 0.3) is 0 Å². The van der Waals surface area contributed by atoms with Gasteiger partial charge in [-0.1, -0.05) is 72.4 Å². The molecular weight excluding hydrogens is 388 g/mol. The van der Waals surface area contributed by atoms with Crippen molar-refractivity contribution in [3.05, 3.63) is 90.0 Å². The van der Waals surface area contributed by atoms with Gasteiger partial charge in [0.2, 0.25) is 0 Å². The number of benzene rings is 4. The fourth-order valence-corrected chi connectivity index (χ4v) is 5.12. The summed E-state index contributed by atoms with van der Waals surface area (Å²) in [5, 5.41) is 2.30. The standard InChI is InChI=1S/C27H24O2S/c1-18-14-23(28-17-19-10-6-4-7-11-19)21-16-25-24(29-27(2,3)30-25)15-22(21)26(18)20-12-8-5-9-13-20/h4-16H,17H2,1-3H3. The van der Waals surface area contributed by atoms with E-state index in [1.165, 1.54) is 27.0 Å². The zero-order valence-corrected chi connectivity index (χ0v) is 18.3. The molecule has 0 bridgehead atoms. The van der Waals surface area contributed by atoms with Crippen LogP contribution in [0.4, 0.5) is 0 Å². The van der Waals surface area contributed by atoms with Gasteiger partial charge in [-0.3, -0.25) is 0 Å². The summed E-state index contributed by atoms with van der Waals surface area (Å²) >= 11 is 1.76. The number of aryl methyl sites for hydroxylation is 1. The van der Waals surface area contributed by atoms with Crippen LogP contribution in [-0.4, -0.2) is 4.93 Å². The van der Waals surface area contributed by atoms with Crippen molar-refractivity contribution < 1.29 is 9.47 Å². The molecule has 0 aromatic heterocycles. The normalized spacial score (nSPS) is 14.4. The van der Waals surface area contributed by atoms with E-state index in [-0.39, 0.29) is 4.93 Å². The molecule has 4 aromatic carbocycles. The number of ether oxygens (including phenoxy) is 2. The fourth-order valence-electron chi connectivity index (χ4n) is 4.08. The van der Waals surface area contributed by atoms with Crippen molar-refractivity contribution in [3.8, 4) is 22.6 Å². The largest absolute Gasteiger partial charge is 0.488 e. The molecule has 0 saturated carbocycles. The summed E-state index contributed by atoms with van der Waals surface area (Å²) in [6, 6.07) is 27.5.